The summed E-state index contributed by atoms with van der Waals surface area (Å²) in [6, 6.07) is 10.7. The van der Waals surface area contributed by atoms with E-state index in [2.05, 4.69) is 35.7 Å². The topological polar surface area (TPSA) is 29.5 Å². The van der Waals surface area contributed by atoms with E-state index in [-0.39, 0.29) is 12.0 Å². The van der Waals surface area contributed by atoms with Gasteiger partial charge >= 0.3 is 5.97 Å². The molecule has 0 amide bonds. The fraction of sp³-hybridized carbons (Fsp3) is 0.353. The van der Waals surface area contributed by atoms with Gasteiger partial charge in [-0.15, -0.1) is 6.58 Å². The zero-order chi connectivity index (χ0) is 14.2. The maximum absolute atomic E-state index is 11.6. The third-order valence-electron chi connectivity index (χ3n) is 4.20. The monoisotopic (exact) mass is 269 g/mol. The van der Waals surface area contributed by atoms with E-state index < -0.39 is 5.60 Å². The van der Waals surface area contributed by atoms with Crippen LogP contribution in [-0.2, 0) is 9.53 Å². The number of likely N-dealkylation sites (tertiary alicyclic amines) is 1. The van der Waals surface area contributed by atoms with Gasteiger partial charge in [0.2, 0.25) is 0 Å². The molecule has 2 heterocycles. The van der Waals surface area contributed by atoms with Gasteiger partial charge in [0, 0.05) is 25.2 Å². The third-order valence-corrected chi connectivity index (χ3v) is 4.20. The normalized spacial score (nSPS) is 29.6. The second-order valence-electron chi connectivity index (χ2n) is 5.67. The zero-order valence-electron chi connectivity index (χ0n) is 11.7. The number of piperidine rings is 1. The van der Waals surface area contributed by atoms with Crippen LogP contribution >= 0.6 is 0 Å². The highest BCUT2D eigenvalue weighted by atomic mass is 16.6. The van der Waals surface area contributed by atoms with Crippen LogP contribution in [0.5, 0.6) is 0 Å². The van der Waals surface area contributed by atoms with Crippen LogP contribution in [0, 0.1) is 0 Å². The molecule has 0 aromatic heterocycles. The quantitative estimate of drug-likeness (QED) is 0.624. The largest absolute Gasteiger partial charge is 0.450 e. The summed E-state index contributed by atoms with van der Waals surface area (Å²) in [6.07, 6.45) is 4.41. The van der Waals surface area contributed by atoms with Gasteiger partial charge in [0.1, 0.15) is 5.60 Å². The molecule has 2 unspecified atom stereocenters. The number of nitrogens with zero attached hydrogens (tertiary/aromatic N) is 1. The van der Waals surface area contributed by atoms with E-state index in [0.29, 0.717) is 0 Å². The molecule has 1 aromatic rings. The first-order valence-electron chi connectivity index (χ1n) is 6.96. The minimum atomic E-state index is -0.467. The van der Waals surface area contributed by atoms with Gasteiger partial charge in [-0.3, -0.25) is 4.90 Å². The summed E-state index contributed by atoms with van der Waals surface area (Å²) in [5.41, 5.74) is 1.92. The molecule has 1 aromatic carbocycles. The molecule has 104 valence electrons. The number of carbonyl (C=O) groups excluding carboxylic acids is 1. The number of ether oxygens (including phenoxy) is 1. The molecule has 0 N–H and O–H groups in total. The Balaban J connectivity index is 1.94. The van der Waals surface area contributed by atoms with E-state index in [1.807, 2.05) is 19.1 Å². The van der Waals surface area contributed by atoms with Gasteiger partial charge < -0.3 is 4.74 Å². The Morgan fingerprint density at radius 3 is 2.90 bits per heavy atom. The molecule has 2 aliphatic rings. The van der Waals surface area contributed by atoms with E-state index in [1.165, 1.54) is 5.56 Å². The van der Waals surface area contributed by atoms with Crippen LogP contribution < -0.4 is 0 Å². The SMILES string of the molecule is C=CCN1CC2(C)OC(=O)C=C2CC1c1ccccc1. The summed E-state index contributed by atoms with van der Waals surface area (Å²) >= 11 is 0. The maximum Gasteiger partial charge on any atom is 0.331 e. The van der Waals surface area contributed by atoms with Gasteiger partial charge in [-0.05, 0) is 24.5 Å². The molecule has 1 saturated heterocycles. The molecular weight excluding hydrogens is 250 g/mol. The lowest BCUT2D eigenvalue weighted by Crippen LogP contribution is -2.49. The van der Waals surface area contributed by atoms with Gasteiger partial charge in [0.05, 0.1) is 0 Å². The Hall–Kier alpha value is -1.87. The van der Waals surface area contributed by atoms with E-state index in [9.17, 15) is 4.79 Å². The smallest absolute Gasteiger partial charge is 0.331 e. The van der Waals surface area contributed by atoms with Gasteiger partial charge in [0.25, 0.3) is 0 Å². The predicted molar refractivity (Wildman–Crippen MR) is 78.2 cm³/mol. The number of esters is 1. The molecule has 0 radical (unpaired) electrons. The Morgan fingerprint density at radius 1 is 1.45 bits per heavy atom. The van der Waals surface area contributed by atoms with Crippen molar-refractivity contribution < 1.29 is 9.53 Å². The molecule has 0 spiro atoms. The molecule has 3 rings (SSSR count). The van der Waals surface area contributed by atoms with Crippen molar-refractivity contribution in [3.8, 4) is 0 Å². The van der Waals surface area contributed by atoms with Crippen molar-refractivity contribution in [1.82, 2.24) is 4.90 Å². The van der Waals surface area contributed by atoms with Crippen LogP contribution in [0.25, 0.3) is 0 Å². The first-order valence-corrected chi connectivity index (χ1v) is 6.96. The number of hydrogen-bond donors (Lipinski definition) is 0. The lowest BCUT2D eigenvalue weighted by molar-refractivity contribution is -0.147. The van der Waals surface area contributed by atoms with Crippen LogP contribution in [-0.4, -0.2) is 29.6 Å². The molecule has 1 fully saturated rings. The number of hydrogen-bond acceptors (Lipinski definition) is 3. The highest BCUT2D eigenvalue weighted by molar-refractivity contribution is 5.87. The molecule has 20 heavy (non-hydrogen) atoms. The summed E-state index contributed by atoms with van der Waals surface area (Å²) in [5.74, 6) is -0.213. The van der Waals surface area contributed by atoms with Gasteiger partial charge in [-0.2, -0.15) is 0 Å². The Bertz CT molecular complexity index is 564. The van der Waals surface area contributed by atoms with Crippen molar-refractivity contribution in [2.24, 2.45) is 0 Å². The molecule has 0 bridgehead atoms. The maximum atomic E-state index is 11.6. The van der Waals surface area contributed by atoms with Gasteiger partial charge in [0.15, 0.2) is 0 Å². The molecule has 0 aliphatic carbocycles. The number of fused-ring (bicyclic) bond motifs is 1. The van der Waals surface area contributed by atoms with Crippen molar-refractivity contribution in [3.05, 3.63) is 60.2 Å². The molecule has 2 atom stereocenters. The number of benzene rings is 1. The average Bonchev–Trinajstić information content (AvgIpc) is 2.72. The average molecular weight is 269 g/mol. The van der Waals surface area contributed by atoms with Crippen molar-refractivity contribution >= 4 is 5.97 Å². The lowest BCUT2D eigenvalue weighted by Gasteiger charge is -2.43. The minimum absolute atomic E-state index is 0.213. The van der Waals surface area contributed by atoms with Crippen molar-refractivity contribution in [3.63, 3.8) is 0 Å². The first kappa shape index (κ1) is 13.1. The second-order valence-corrected chi connectivity index (χ2v) is 5.67. The van der Waals surface area contributed by atoms with Crippen LogP contribution in [0.3, 0.4) is 0 Å². The highest BCUT2D eigenvalue weighted by Crippen LogP contribution is 2.43. The van der Waals surface area contributed by atoms with E-state index >= 15 is 0 Å². The zero-order valence-corrected chi connectivity index (χ0v) is 11.7. The standard InChI is InChI=1S/C17H19NO2/c1-3-9-18-12-17(2)14(11-16(19)20-17)10-15(18)13-7-5-4-6-8-13/h3-8,11,15H,1,9-10,12H2,2H3. The Morgan fingerprint density at radius 2 is 2.20 bits per heavy atom. The summed E-state index contributed by atoms with van der Waals surface area (Å²) < 4.78 is 5.51. The van der Waals surface area contributed by atoms with Crippen molar-refractivity contribution in [2.45, 2.75) is 25.0 Å². The number of carbonyl (C=O) groups is 1. The van der Waals surface area contributed by atoms with Gasteiger partial charge in [-0.1, -0.05) is 36.4 Å². The lowest BCUT2D eigenvalue weighted by atomic mass is 9.83. The summed E-state index contributed by atoms with van der Waals surface area (Å²) in [7, 11) is 0. The molecule has 0 saturated carbocycles. The van der Waals surface area contributed by atoms with Crippen LogP contribution in [0.2, 0.25) is 0 Å². The van der Waals surface area contributed by atoms with Gasteiger partial charge in [-0.25, -0.2) is 4.79 Å². The fourth-order valence-electron chi connectivity index (χ4n) is 3.22. The summed E-state index contributed by atoms with van der Waals surface area (Å²) in [4.78, 5) is 13.9. The Labute approximate surface area is 119 Å². The van der Waals surface area contributed by atoms with Crippen LogP contribution in [0.4, 0.5) is 0 Å². The van der Waals surface area contributed by atoms with Crippen molar-refractivity contribution in [1.29, 1.82) is 0 Å². The fourth-order valence-corrected chi connectivity index (χ4v) is 3.22. The van der Waals surface area contributed by atoms with Crippen LogP contribution in [0.15, 0.2) is 54.6 Å². The third kappa shape index (κ3) is 2.18. The van der Waals surface area contributed by atoms with E-state index in [0.717, 1.165) is 25.1 Å². The van der Waals surface area contributed by atoms with E-state index in [1.54, 1.807) is 6.08 Å². The van der Waals surface area contributed by atoms with Crippen LogP contribution in [0.1, 0.15) is 24.9 Å². The van der Waals surface area contributed by atoms with Crippen molar-refractivity contribution in [2.75, 3.05) is 13.1 Å². The number of rotatable bonds is 3. The molecular formula is C17H19NO2. The predicted octanol–water partition coefficient (Wildman–Crippen LogP) is 2.86. The Kier molecular flexibility index (Phi) is 3.22. The second kappa shape index (κ2) is 4.91. The molecule has 3 heteroatoms. The summed E-state index contributed by atoms with van der Waals surface area (Å²) in [6.45, 7) is 7.35. The highest BCUT2D eigenvalue weighted by Gasteiger charge is 2.46. The first-order chi connectivity index (χ1) is 9.62. The molecule has 3 nitrogen and oxygen atoms in total. The van der Waals surface area contributed by atoms with E-state index in [4.69, 9.17) is 4.74 Å². The molecule has 2 aliphatic heterocycles. The summed E-state index contributed by atoms with van der Waals surface area (Å²) in [5, 5.41) is 0. The minimum Gasteiger partial charge on any atom is -0.450 e.